The molecule has 0 saturated heterocycles. The van der Waals surface area contributed by atoms with Gasteiger partial charge < -0.3 is 10.1 Å². The number of anilines is 1. The topological polar surface area (TPSA) is 64.9 Å². The summed E-state index contributed by atoms with van der Waals surface area (Å²) in [5.41, 5.74) is 0. The van der Waals surface area contributed by atoms with Crippen LogP contribution in [0, 0.1) is 0 Å². The first kappa shape index (κ1) is 11.9. The Balaban J connectivity index is 2.01. The van der Waals surface area contributed by atoms with Crippen molar-refractivity contribution in [3.05, 3.63) is 23.8 Å². The van der Waals surface area contributed by atoms with Gasteiger partial charge in [-0.2, -0.15) is 10.1 Å². The lowest BCUT2D eigenvalue weighted by molar-refractivity contribution is 0.468. The molecule has 98 valence electrons. The Labute approximate surface area is 114 Å². The van der Waals surface area contributed by atoms with Gasteiger partial charge in [0.1, 0.15) is 4.83 Å². The van der Waals surface area contributed by atoms with Crippen LogP contribution in [0.3, 0.4) is 0 Å². The van der Waals surface area contributed by atoms with Gasteiger partial charge in [0.25, 0.3) is 0 Å². The lowest BCUT2D eigenvalue weighted by Gasteiger charge is -2.05. The minimum atomic E-state index is 0.547. The Morgan fingerprint density at radius 1 is 1.42 bits per heavy atom. The number of hydrogen-bond donors (Lipinski definition) is 1. The van der Waals surface area contributed by atoms with Gasteiger partial charge in [0.15, 0.2) is 5.75 Å². The van der Waals surface area contributed by atoms with Crippen molar-refractivity contribution in [3.8, 4) is 11.6 Å². The van der Waals surface area contributed by atoms with E-state index < -0.39 is 0 Å². The smallest absolute Gasteiger partial charge is 0.233 e. The molecule has 19 heavy (non-hydrogen) atoms. The fraction of sp³-hybridized carbons (Fsp3) is 0.250. The molecule has 0 unspecified atom stereocenters. The van der Waals surface area contributed by atoms with Crippen LogP contribution in [0.1, 0.15) is 6.92 Å². The molecule has 0 radical (unpaired) electrons. The average molecular weight is 275 g/mol. The molecule has 0 bridgehead atoms. The fourth-order valence-corrected chi connectivity index (χ4v) is 2.45. The Bertz CT molecular complexity index is 705. The molecule has 3 aromatic rings. The molecular formula is C12H13N5OS. The van der Waals surface area contributed by atoms with Gasteiger partial charge in [0.05, 0.1) is 17.8 Å². The number of aromatic nitrogens is 4. The number of nitrogens with one attached hydrogen (secondary N) is 1. The third-order valence-corrected chi connectivity index (χ3v) is 3.47. The normalized spacial score (nSPS) is 10.8. The molecule has 1 N–H and O–H groups in total. The van der Waals surface area contributed by atoms with E-state index in [9.17, 15) is 0 Å². The maximum atomic E-state index is 5.81. The molecular weight excluding hydrogens is 262 g/mol. The first-order valence-electron chi connectivity index (χ1n) is 5.93. The van der Waals surface area contributed by atoms with Crippen LogP contribution in [0.2, 0.25) is 0 Å². The molecule has 6 nitrogen and oxygen atoms in total. The molecule has 0 fully saturated rings. The summed E-state index contributed by atoms with van der Waals surface area (Å²) >= 11 is 1.56. The summed E-state index contributed by atoms with van der Waals surface area (Å²) in [7, 11) is 1.79. The quantitative estimate of drug-likeness (QED) is 0.793. The summed E-state index contributed by atoms with van der Waals surface area (Å²) in [5, 5.41) is 10.00. The second-order valence-electron chi connectivity index (χ2n) is 3.88. The van der Waals surface area contributed by atoms with E-state index in [-0.39, 0.29) is 0 Å². The van der Waals surface area contributed by atoms with Gasteiger partial charge in [0, 0.05) is 13.6 Å². The molecule has 0 spiro atoms. The number of rotatable bonds is 4. The van der Waals surface area contributed by atoms with Gasteiger partial charge in [0.2, 0.25) is 11.8 Å². The first-order chi connectivity index (χ1) is 9.30. The Kier molecular flexibility index (Phi) is 3.04. The first-order valence-corrected chi connectivity index (χ1v) is 6.81. The number of nitrogens with zero attached hydrogens (tertiary/aromatic N) is 4. The minimum absolute atomic E-state index is 0.547. The highest BCUT2D eigenvalue weighted by Gasteiger charge is 2.11. The Morgan fingerprint density at radius 3 is 3.05 bits per heavy atom. The SMILES string of the molecule is CCn1cc(Oc2nc(NC)nc3sccc23)cn1. The minimum Gasteiger partial charge on any atom is -0.435 e. The third-order valence-electron chi connectivity index (χ3n) is 2.66. The summed E-state index contributed by atoms with van der Waals surface area (Å²) < 4.78 is 7.61. The zero-order valence-electron chi connectivity index (χ0n) is 10.6. The van der Waals surface area contributed by atoms with Gasteiger partial charge in [-0.1, -0.05) is 0 Å². The van der Waals surface area contributed by atoms with Crippen LogP contribution >= 0.6 is 11.3 Å². The summed E-state index contributed by atoms with van der Waals surface area (Å²) in [4.78, 5) is 9.62. The van der Waals surface area contributed by atoms with Crippen molar-refractivity contribution in [2.24, 2.45) is 0 Å². The maximum Gasteiger partial charge on any atom is 0.233 e. The van der Waals surface area contributed by atoms with Gasteiger partial charge in [-0.25, -0.2) is 4.98 Å². The Morgan fingerprint density at radius 2 is 2.32 bits per heavy atom. The molecule has 0 aromatic carbocycles. The summed E-state index contributed by atoms with van der Waals surface area (Å²) in [6.45, 7) is 2.83. The number of aryl methyl sites for hydroxylation is 1. The molecule has 0 amide bonds. The van der Waals surface area contributed by atoms with Crippen LogP contribution in [-0.2, 0) is 6.54 Å². The van der Waals surface area contributed by atoms with E-state index in [0.29, 0.717) is 17.6 Å². The van der Waals surface area contributed by atoms with E-state index in [1.807, 2.05) is 24.6 Å². The van der Waals surface area contributed by atoms with Gasteiger partial charge >= 0.3 is 0 Å². The molecule has 3 heterocycles. The van der Waals surface area contributed by atoms with E-state index in [0.717, 1.165) is 16.8 Å². The van der Waals surface area contributed by atoms with E-state index in [4.69, 9.17) is 4.74 Å². The predicted molar refractivity (Wildman–Crippen MR) is 74.9 cm³/mol. The van der Waals surface area contributed by atoms with Gasteiger partial charge in [-0.15, -0.1) is 11.3 Å². The fourth-order valence-electron chi connectivity index (χ4n) is 1.70. The van der Waals surface area contributed by atoms with Crippen LogP contribution in [0.4, 0.5) is 5.95 Å². The van der Waals surface area contributed by atoms with Crippen molar-refractivity contribution in [1.82, 2.24) is 19.7 Å². The third kappa shape index (κ3) is 2.24. The zero-order chi connectivity index (χ0) is 13.2. The highest BCUT2D eigenvalue weighted by Crippen LogP contribution is 2.31. The average Bonchev–Trinajstić information content (AvgIpc) is 3.06. The molecule has 0 aliphatic heterocycles. The van der Waals surface area contributed by atoms with Crippen LogP contribution in [0.15, 0.2) is 23.8 Å². The highest BCUT2D eigenvalue weighted by atomic mass is 32.1. The zero-order valence-corrected chi connectivity index (χ0v) is 11.4. The molecule has 0 aliphatic carbocycles. The largest absolute Gasteiger partial charge is 0.435 e. The molecule has 7 heteroatoms. The molecule has 3 aromatic heterocycles. The van der Waals surface area contributed by atoms with Crippen molar-refractivity contribution in [2.45, 2.75) is 13.5 Å². The predicted octanol–water partition coefficient (Wildman–Crippen LogP) is 2.74. The Hall–Kier alpha value is -2.15. The van der Waals surface area contributed by atoms with Crippen molar-refractivity contribution >= 4 is 27.5 Å². The van der Waals surface area contributed by atoms with Crippen LogP contribution in [0.25, 0.3) is 10.2 Å². The van der Waals surface area contributed by atoms with E-state index >= 15 is 0 Å². The second-order valence-corrected chi connectivity index (χ2v) is 4.77. The molecule has 0 atom stereocenters. The number of thiophene rings is 1. The van der Waals surface area contributed by atoms with E-state index in [2.05, 4.69) is 20.4 Å². The summed E-state index contributed by atoms with van der Waals surface area (Å²) in [6, 6.07) is 1.96. The van der Waals surface area contributed by atoms with Crippen LogP contribution in [0.5, 0.6) is 11.6 Å². The molecule has 3 rings (SSSR count). The van der Waals surface area contributed by atoms with E-state index in [1.54, 1.807) is 29.3 Å². The van der Waals surface area contributed by atoms with Gasteiger partial charge in [-0.3, -0.25) is 4.68 Å². The molecule has 0 aliphatic rings. The van der Waals surface area contributed by atoms with Crippen molar-refractivity contribution in [2.75, 3.05) is 12.4 Å². The molecule has 0 saturated carbocycles. The lowest BCUT2D eigenvalue weighted by atomic mass is 10.4. The highest BCUT2D eigenvalue weighted by molar-refractivity contribution is 7.16. The maximum absolute atomic E-state index is 5.81. The summed E-state index contributed by atoms with van der Waals surface area (Å²) in [6.07, 6.45) is 3.53. The van der Waals surface area contributed by atoms with Gasteiger partial charge in [-0.05, 0) is 18.4 Å². The monoisotopic (exact) mass is 275 g/mol. The lowest BCUT2D eigenvalue weighted by Crippen LogP contribution is -1.98. The number of fused-ring (bicyclic) bond motifs is 1. The van der Waals surface area contributed by atoms with Crippen LogP contribution in [-0.4, -0.2) is 26.8 Å². The van der Waals surface area contributed by atoms with Crippen molar-refractivity contribution in [3.63, 3.8) is 0 Å². The van der Waals surface area contributed by atoms with Crippen LogP contribution < -0.4 is 10.1 Å². The van der Waals surface area contributed by atoms with E-state index in [1.165, 1.54) is 0 Å². The second kappa shape index (κ2) is 4.85. The van der Waals surface area contributed by atoms with Crippen molar-refractivity contribution < 1.29 is 4.74 Å². The standard InChI is InChI=1S/C12H13N5OS/c1-3-17-7-8(6-14-17)18-10-9-4-5-19-11(9)16-12(13-2)15-10/h4-7H,3H2,1-2H3,(H,13,15,16). The number of hydrogen-bond acceptors (Lipinski definition) is 6. The van der Waals surface area contributed by atoms with Crippen molar-refractivity contribution in [1.29, 1.82) is 0 Å². The number of ether oxygens (including phenoxy) is 1. The summed E-state index contributed by atoms with van der Waals surface area (Å²) in [5.74, 6) is 1.77.